The maximum absolute atomic E-state index is 12.3. The van der Waals surface area contributed by atoms with Gasteiger partial charge in [0.1, 0.15) is 5.57 Å². The van der Waals surface area contributed by atoms with E-state index in [9.17, 15) is 18.0 Å². The van der Waals surface area contributed by atoms with Crippen LogP contribution in [-0.2, 0) is 4.79 Å². The van der Waals surface area contributed by atoms with Crippen molar-refractivity contribution < 1.29 is 18.0 Å². The summed E-state index contributed by atoms with van der Waals surface area (Å²) in [5, 5.41) is 2.36. The first-order valence-electron chi connectivity index (χ1n) is 6.70. The third-order valence-corrected chi connectivity index (χ3v) is 3.28. The second kappa shape index (κ2) is 7.56. The summed E-state index contributed by atoms with van der Waals surface area (Å²) in [6, 6.07) is 0. The molecule has 5 heteroatoms. The normalized spacial score (nSPS) is 14.8. The summed E-state index contributed by atoms with van der Waals surface area (Å²) in [7, 11) is 0. The highest BCUT2D eigenvalue weighted by Gasteiger charge is 2.37. The van der Waals surface area contributed by atoms with Crippen molar-refractivity contribution in [2.24, 2.45) is 5.41 Å². The zero-order valence-corrected chi connectivity index (χ0v) is 12.0. The van der Waals surface area contributed by atoms with Crippen LogP contribution in [-0.4, -0.2) is 18.6 Å². The summed E-state index contributed by atoms with van der Waals surface area (Å²) in [5.74, 6) is -1.12. The van der Waals surface area contributed by atoms with Crippen molar-refractivity contribution in [3.05, 3.63) is 12.2 Å². The van der Waals surface area contributed by atoms with E-state index in [0.717, 1.165) is 32.1 Å². The molecule has 0 heterocycles. The molecule has 0 saturated carbocycles. The van der Waals surface area contributed by atoms with E-state index in [1.807, 2.05) is 13.8 Å². The van der Waals surface area contributed by atoms with Crippen LogP contribution < -0.4 is 5.32 Å². The number of rotatable bonds is 8. The first kappa shape index (κ1) is 18.0. The van der Waals surface area contributed by atoms with Gasteiger partial charge in [-0.1, -0.05) is 46.6 Å². The molecule has 1 atom stereocenters. The molecule has 0 aromatic carbocycles. The fraction of sp³-hybridized carbons (Fsp3) is 0.786. The van der Waals surface area contributed by atoms with Crippen LogP contribution in [0.1, 0.15) is 52.9 Å². The molecule has 0 aliphatic heterocycles. The van der Waals surface area contributed by atoms with Crippen LogP contribution in [0.15, 0.2) is 12.2 Å². The van der Waals surface area contributed by atoms with Crippen molar-refractivity contribution in [3.8, 4) is 0 Å². The Kier molecular flexibility index (Phi) is 7.16. The van der Waals surface area contributed by atoms with Gasteiger partial charge in [-0.25, -0.2) is 0 Å². The average molecular weight is 279 g/mol. The summed E-state index contributed by atoms with van der Waals surface area (Å²) in [6.07, 6.45) is 0.0992. The van der Waals surface area contributed by atoms with Crippen molar-refractivity contribution in [3.63, 3.8) is 0 Å². The third-order valence-electron chi connectivity index (χ3n) is 3.28. The highest BCUT2D eigenvalue weighted by molar-refractivity contribution is 5.94. The Balaban J connectivity index is 4.47. The van der Waals surface area contributed by atoms with E-state index in [1.54, 1.807) is 0 Å². The monoisotopic (exact) mass is 279 g/mol. The number of nitrogens with one attached hydrogen (secondary N) is 1. The lowest BCUT2D eigenvalue weighted by molar-refractivity contribution is -0.131. The van der Waals surface area contributed by atoms with Crippen molar-refractivity contribution in [2.45, 2.75) is 59.1 Å². The quantitative estimate of drug-likeness (QED) is 0.662. The summed E-state index contributed by atoms with van der Waals surface area (Å²) in [5.41, 5.74) is -1.48. The molecular formula is C14H24F3NO. The minimum Gasteiger partial charge on any atom is -0.352 e. The Bertz CT molecular complexity index is 312. The molecule has 0 spiro atoms. The molecule has 19 heavy (non-hydrogen) atoms. The van der Waals surface area contributed by atoms with Gasteiger partial charge in [-0.05, 0) is 18.3 Å². The Labute approximate surface area is 113 Å². The highest BCUT2D eigenvalue weighted by atomic mass is 19.4. The van der Waals surface area contributed by atoms with Crippen LogP contribution in [0.25, 0.3) is 0 Å². The molecule has 0 radical (unpaired) electrons. The zero-order valence-electron chi connectivity index (χ0n) is 12.0. The van der Waals surface area contributed by atoms with Crippen molar-refractivity contribution in [1.29, 1.82) is 0 Å². The smallest absolute Gasteiger partial charge is 0.352 e. The van der Waals surface area contributed by atoms with Crippen molar-refractivity contribution >= 4 is 5.91 Å². The van der Waals surface area contributed by atoms with Crippen LogP contribution >= 0.6 is 0 Å². The number of hydrogen-bond donors (Lipinski definition) is 1. The Morgan fingerprint density at radius 1 is 1.16 bits per heavy atom. The molecule has 0 fully saturated rings. The van der Waals surface area contributed by atoms with Gasteiger partial charge in [-0.2, -0.15) is 13.2 Å². The summed E-state index contributed by atoms with van der Waals surface area (Å²) < 4.78 is 36.9. The summed E-state index contributed by atoms with van der Waals surface area (Å²) in [6.45, 7) is 9.15. The molecule has 0 aromatic heterocycles. The first-order valence-corrected chi connectivity index (χ1v) is 6.70. The van der Waals surface area contributed by atoms with Gasteiger partial charge in [0.15, 0.2) is 0 Å². The minimum absolute atomic E-state index is 0.147. The van der Waals surface area contributed by atoms with Gasteiger partial charge >= 0.3 is 6.18 Å². The van der Waals surface area contributed by atoms with Crippen LogP contribution in [0.3, 0.4) is 0 Å². The van der Waals surface area contributed by atoms with Gasteiger partial charge in [0.25, 0.3) is 5.91 Å². The maximum atomic E-state index is 12.3. The number of alkyl halides is 3. The Hall–Kier alpha value is -1.00. The Morgan fingerprint density at radius 2 is 1.74 bits per heavy atom. The molecule has 0 aromatic rings. The summed E-state index contributed by atoms with van der Waals surface area (Å²) in [4.78, 5) is 11.4. The lowest BCUT2D eigenvalue weighted by Gasteiger charge is -2.30. The average Bonchev–Trinajstić information content (AvgIpc) is 2.32. The lowest BCUT2D eigenvalue weighted by Crippen LogP contribution is -2.38. The van der Waals surface area contributed by atoms with E-state index in [4.69, 9.17) is 0 Å². The molecule has 2 nitrogen and oxygen atoms in total. The number of carbonyl (C=O) groups is 1. The number of halogens is 3. The molecule has 0 rings (SSSR count). The topological polar surface area (TPSA) is 29.1 Å². The molecule has 1 amide bonds. The van der Waals surface area contributed by atoms with Gasteiger partial charge in [0.05, 0.1) is 0 Å². The lowest BCUT2D eigenvalue weighted by atomic mass is 9.80. The number of carbonyl (C=O) groups excluding carboxylic acids is 1. The van der Waals surface area contributed by atoms with E-state index >= 15 is 0 Å². The second-order valence-corrected chi connectivity index (χ2v) is 5.32. The molecular weight excluding hydrogens is 255 g/mol. The maximum Gasteiger partial charge on any atom is 0.421 e. The predicted octanol–water partition coefficient (Wildman–Crippen LogP) is 4.22. The van der Waals surface area contributed by atoms with E-state index < -0.39 is 17.7 Å². The number of unbranched alkanes of at least 4 members (excludes halogenated alkanes) is 1. The van der Waals surface area contributed by atoms with Gasteiger partial charge in [0, 0.05) is 6.54 Å². The molecule has 0 aliphatic rings. The summed E-state index contributed by atoms with van der Waals surface area (Å²) >= 11 is 0. The predicted molar refractivity (Wildman–Crippen MR) is 70.7 cm³/mol. The van der Waals surface area contributed by atoms with Gasteiger partial charge < -0.3 is 5.32 Å². The van der Waals surface area contributed by atoms with E-state index in [2.05, 4.69) is 18.8 Å². The molecule has 1 unspecified atom stereocenters. The SMILES string of the molecule is C=C(C(=O)NCC(C)(CCC)CCCC)C(F)(F)F. The van der Waals surface area contributed by atoms with Gasteiger partial charge in [-0.15, -0.1) is 0 Å². The molecule has 0 bridgehead atoms. The number of amides is 1. The fourth-order valence-corrected chi connectivity index (χ4v) is 2.04. The first-order chi connectivity index (χ1) is 8.66. The largest absolute Gasteiger partial charge is 0.421 e. The second-order valence-electron chi connectivity index (χ2n) is 5.32. The van der Waals surface area contributed by atoms with Crippen LogP contribution in [0, 0.1) is 5.41 Å². The molecule has 0 aliphatic carbocycles. The van der Waals surface area contributed by atoms with Crippen molar-refractivity contribution in [1.82, 2.24) is 5.32 Å². The zero-order chi connectivity index (χ0) is 15.1. The van der Waals surface area contributed by atoms with Crippen LogP contribution in [0.4, 0.5) is 13.2 Å². The standard InChI is InChI=1S/C14H24F3NO/c1-5-7-9-13(4,8-6-2)10-18-12(19)11(3)14(15,16)17/h3,5-10H2,1-2,4H3,(H,18,19). The minimum atomic E-state index is -4.66. The fourth-order valence-electron chi connectivity index (χ4n) is 2.04. The van der Waals surface area contributed by atoms with E-state index in [-0.39, 0.29) is 12.0 Å². The number of hydrogen-bond acceptors (Lipinski definition) is 1. The van der Waals surface area contributed by atoms with Gasteiger partial charge in [0.2, 0.25) is 0 Å². The highest BCUT2D eigenvalue weighted by Crippen LogP contribution is 2.30. The van der Waals surface area contributed by atoms with Crippen LogP contribution in [0.5, 0.6) is 0 Å². The van der Waals surface area contributed by atoms with Crippen LogP contribution in [0.2, 0.25) is 0 Å². The third kappa shape index (κ3) is 6.64. The Morgan fingerprint density at radius 3 is 2.16 bits per heavy atom. The van der Waals surface area contributed by atoms with E-state index in [1.165, 1.54) is 0 Å². The van der Waals surface area contributed by atoms with Crippen molar-refractivity contribution in [2.75, 3.05) is 6.54 Å². The molecule has 0 saturated heterocycles. The van der Waals surface area contributed by atoms with E-state index in [0.29, 0.717) is 0 Å². The molecule has 112 valence electrons. The van der Waals surface area contributed by atoms with Gasteiger partial charge in [-0.3, -0.25) is 4.79 Å². The molecule has 1 N–H and O–H groups in total.